The molecule has 0 radical (unpaired) electrons. The Morgan fingerprint density at radius 2 is 1.92 bits per heavy atom. The lowest BCUT2D eigenvalue weighted by Gasteiger charge is -1.84. The monoisotopic (exact) mass is 183 g/mol. The molecular weight excluding hydrogens is 166 g/mol. The van der Waals surface area contributed by atoms with Crippen LogP contribution in [0.5, 0.6) is 0 Å². The van der Waals surface area contributed by atoms with Crippen molar-refractivity contribution in [1.29, 1.82) is 5.26 Å². The van der Waals surface area contributed by atoms with E-state index in [4.69, 9.17) is 5.26 Å². The van der Waals surface area contributed by atoms with Crippen molar-refractivity contribution in [2.75, 3.05) is 7.11 Å². The van der Waals surface area contributed by atoms with E-state index in [0.717, 1.165) is 0 Å². The fraction of sp³-hybridized carbons (Fsp3) is 0.400. The maximum Gasteiger partial charge on any atom is 0.330 e. The molecule has 0 fully saturated rings. The Balaban J connectivity index is -0.000000150. The zero-order chi connectivity index (χ0) is 9.82. The molecule has 0 aromatic heterocycles. The summed E-state index contributed by atoms with van der Waals surface area (Å²) in [6, 6.07) is 1.84. The molecule has 0 aliphatic heterocycles. The Labute approximate surface area is 80.3 Å². The topological polar surface area (TPSA) is 50.1 Å². The van der Waals surface area contributed by atoms with Crippen LogP contribution in [-0.2, 0) is 9.53 Å². The Morgan fingerprint density at radius 3 is 2.00 bits per heavy atom. The van der Waals surface area contributed by atoms with Crippen LogP contribution in [0.4, 0.5) is 0 Å². The highest BCUT2D eigenvalue weighted by atomic mass is 16.5. The molecule has 0 aliphatic carbocycles. The third kappa shape index (κ3) is 25.1. The minimum Gasteiger partial charge on any atom is -0.466 e. The number of methoxy groups -OCH3 is 1. The lowest BCUT2D eigenvalue weighted by Crippen LogP contribution is -1.92. The van der Waals surface area contributed by atoms with Crippen molar-refractivity contribution in [3.05, 3.63) is 24.3 Å². The van der Waals surface area contributed by atoms with Gasteiger partial charge in [0.1, 0.15) is 0 Å². The first kappa shape index (κ1) is 17.5. The van der Waals surface area contributed by atoms with Gasteiger partial charge in [-0.2, -0.15) is 5.26 Å². The molecule has 0 saturated carbocycles. The second-order valence-corrected chi connectivity index (χ2v) is 1.65. The van der Waals surface area contributed by atoms with E-state index in [-0.39, 0.29) is 13.4 Å². The number of ether oxygens (including phenoxy) is 1. The van der Waals surface area contributed by atoms with Gasteiger partial charge in [-0.1, -0.05) is 19.6 Å². The Kier molecular flexibility index (Phi) is 22.6. The second-order valence-electron chi connectivity index (χ2n) is 1.65. The van der Waals surface area contributed by atoms with Gasteiger partial charge in [-0.25, -0.2) is 4.79 Å². The number of nitrogens with zero attached hydrogens (tertiary/aromatic N) is 1. The van der Waals surface area contributed by atoms with E-state index in [1.54, 1.807) is 19.1 Å². The van der Waals surface area contributed by atoms with Gasteiger partial charge in [0.2, 0.25) is 0 Å². The normalized spacial score (nSPS) is 8.15. The van der Waals surface area contributed by atoms with Crippen LogP contribution in [0.1, 0.15) is 21.3 Å². The number of hydrogen-bond donors (Lipinski definition) is 0. The molecule has 0 N–H and O–H groups in total. The number of carbonyl (C=O) groups is 1. The molecule has 0 rings (SSSR count). The van der Waals surface area contributed by atoms with Crippen LogP contribution in [0, 0.1) is 11.3 Å². The van der Waals surface area contributed by atoms with Crippen molar-refractivity contribution in [1.82, 2.24) is 0 Å². The lowest BCUT2D eigenvalue weighted by atomic mass is 10.5. The molecule has 3 nitrogen and oxygen atoms in total. The van der Waals surface area contributed by atoms with Crippen LogP contribution in [0.2, 0.25) is 0 Å². The molecule has 0 spiro atoms. The SMILES string of the molecule is C.CC=CC#N.CC=CC(=O)OC. The minimum atomic E-state index is -0.303. The average Bonchev–Trinajstić information content (AvgIpc) is 2.07. The van der Waals surface area contributed by atoms with Crippen LogP contribution in [-0.4, -0.2) is 13.1 Å². The maximum atomic E-state index is 10.1. The number of nitriles is 1. The first-order valence-corrected chi connectivity index (χ1v) is 3.44. The highest BCUT2D eigenvalue weighted by Crippen LogP contribution is 1.73. The molecule has 0 bridgehead atoms. The van der Waals surface area contributed by atoms with E-state index in [9.17, 15) is 4.79 Å². The molecule has 0 amide bonds. The van der Waals surface area contributed by atoms with E-state index >= 15 is 0 Å². The molecule has 3 heteroatoms. The minimum absolute atomic E-state index is 0. The van der Waals surface area contributed by atoms with Gasteiger partial charge < -0.3 is 4.74 Å². The quantitative estimate of drug-likeness (QED) is 0.356. The van der Waals surface area contributed by atoms with Gasteiger partial charge in [-0.05, 0) is 13.8 Å². The van der Waals surface area contributed by atoms with Gasteiger partial charge in [0, 0.05) is 12.2 Å². The largest absolute Gasteiger partial charge is 0.466 e. The highest BCUT2D eigenvalue weighted by Gasteiger charge is 1.84. The summed E-state index contributed by atoms with van der Waals surface area (Å²) in [5.74, 6) is -0.303. The Morgan fingerprint density at radius 1 is 1.38 bits per heavy atom. The fourth-order valence-corrected chi connectivity index (χ4v) is 0.279. The van der Waals surface area contributed by atoms with Gasteiger partial charge in [-0.3, -0.25) is 0 Å². The summed E-state index contributed by atoms with van der Waals surface area (Å²) in [7, 11) is 1.35. The molecule has 13 heavy (non-hydrogen) atoms. The summed E-state index contributed by atoms with van der Waals surface area (Å²) >= 11 is 0. The summed E-state index contributed by atoms with van der Waals surface area (Å²) < 4.78 is 4.26. The summed E-state index contributed by atoms with van der Waals surface area (Å²) in [6.07, 6.45) is 6.12. The molecule has 0 aromatic rings. The predicted molar refractivity (Wildman–Crippen MR) is 54.0 cm³/mol. The molecule has 0 atom stereocenters. The average molecular weight is 183 g/mol. The molecule has 0 aliphatic rings. The van der Waals surface area contributed by atoms with E-state index in [1.165, 1.54) is 19.3 Å². The van der Waals surface area contributed by atoms with Crippen molar-refractivity contribution in [2.45, 2.75) is 21.3 Å². The smallest absolute Gasteiger partial charge is 0.330 e. The van der Waals surface area contributed by atoms with Gasteiger partial charge >= 0.3 is 5.97 Å². The number of allylic oxidation sites excluding steroid dienone is 3. The molecule has 0 saturated heterocycles. The van der Waals surface area contributed by atoms with Crippen molar-refractivity contribution < 1.29 is 9.53 Å². The fourth-order valence-electron chi connectivity index (χ4n) is 0.279. The first-order chi connectivity index (χ1) is 5.72. The van der Waals surface area contributed by atoms with Crippen molar-refractivity contribution >= 4 is 5.97 Å². The summed E-state index contributed by atoms with van der Waals surface area (Å²) in [6.45, 7) is 3.57. The number of rotatable bonds is 1. The maximum absolute atomic E-state index is 10.1. The molecule has 0 heterocycles. The zero-order valence-electron chi connectivity index (χ0n) is 7.57. The summed E-state index contributed by atoms with van der Waals surface area (Å²) in [5, 5.41) is 7.73. The van der Waals surface area contributed by atoms with Gasteiger partial charge in [0.25, 0.3) is 0 Å². The standard InChI is InChI=1S/C5H8O2.C4H5N.CH4/c1-3-4-5(6)7-2;1-2-3-4-5;/h3-4H,1-2H3;2-3H,1H3;1H4. The van der Waals surface area contributed by atoms with Crippen LogP contribution >= 0.6 is 0 Å². The van der Waals surface area contributed by atoms with Gasteiger partial charge in [-0.15, -0.1) is 0 Å². The van der Waals surface area contributed by atoms with Crippen molar-refractivity contribution in [3.63, 3.8) is 0 Å². The molecule has 0 unspecified atom stereocenters. The Bertz CT molecular complexity index is 199. The molecule has 74 valence electrons. The van der Waals surface area contributed by atoms with Crippen molar-refractivity contribution in [2.24, 2.45) is 0 Å². The van der Waals surface area contributed by atoms with Gasteiger partial charge in [0.05, 0.1) is 13.2 Å². The van der Waals surface area contributed by atoms with Crippen LogP contribution in [0.3, 0.4) is 0 Å². The zero-order valence-corrected chi connectivity index (χ0v) is 7.57. The summed E-state index contributed by atoms with van der Waals surface area (Å²) in [4.78, 5) is 10.1. The highest BCUT2D eigenvalue weighted by molar-refractivity contribution is 5.81. The lowest BCUT2D eigenvalue weighted by molar-refractivity contribution is -0.134. The van der Waals surface area contributed by atoms with E-state index in [0.29, 0.717) is 0 Å². The van der Waals surface area contributed by atoms with Crippen molar-refractivity contribution in [3.8, 4) is 6.07 Å². The third-order valence-electron chi connectivity index (χ3n) is 0.745. The van der Waals surface area contributed by atoms with E-state index in [2.05, 4.69) is 4.74 Å². The number of carbonyl (C=O) groups excluding carboxylic acids is 1. The molecular formula is C10H17NO2. The summed E-state index contributed by atoms with van der Waals surface area (Å²) in [5.41, 5.74) is 0. The number of hydrogen-bond acceptors (Lipinski definition) is 3. The van der Waals surface area contributed by atoms with Crippen LogP contribution < -0.4 is 0 Å². The van der Waals surface area contributed by atoms with E-state index < -0.39 is 0 Å². The van der Waals surface area contributed by atoms with Crippen LogP contribution in [0.25, 0.3) is 0 Å². The van der Waals surface area contributed by atoms with E-state index in [1.807, 2.05) is 13.0 Å². The van der Waals surface area contributed by atoms with Crippen LogP contribution in [0.15, 0.2) is 24.3 Å². The first-order valence-electron chi connectivity index (χ1n) is 3.44. The van der Waals surface area contributed by atoms with Gasteiger partial charge in [0.15, 0.2) is 0 Å². The third-order valence-corrected chi connectivity index (χ3v) is 0.745. The second kappa shape index (κ2) is 16.8. The Hall–Kier alpha value is -1.56. The predicted octanol–water partition coefficient (Wildman–Crippen LogP) is 2.46. The number of esters is 1. The molecule has 0 aromatic carbocycles.